The smallest absolute Gasteiger partial charge is 0.119 e. The Balaban J connectivity index is 1.46. The number of nitriles is 1. The standard InChI is InChI=1S/C35H51NO2/c1-3-14-29(2)38-34-22-20-31(21-23-34)30-16-18-32(19-17-30)33-15-13-25-35(27-33,28-36)24-11-9-7-5-4-6-8-10-12-26-37/h16-23,29,33,37H,3-15,24-27H2,1-2H3. The predicted octanol–water partition coefficient (Wildman–Crippen LogP) is 9.98. The van der Waals surface area contributed by atoms with E-state index in [0.29, 0.717) is 12.5 Å². The maximum atomic E-state index is 10.2. The van der Waals surface area contributed by atoms with Crippen molar-refractivity contribution in [3.63, 3.8) is 0 Å². The molecule has 2 aromatic rings. The van der Waals surface area contributed by atoms with Crippen LogP contribution in [0.4, 0.5) is 0 Å². The molecule has 2 aromatic carbocycles. The first-order chi connectivity index (χ1) is 18.6. The Bertz CT molecular complexity index is 945. The van der Waals surface area contributed by atoms with Crippen molar-refractivity contribution in [1.82, 2.24) is 0 Å². The topological polar surface area (TPSA) is 53.2 Å². The van der Waals surface area contributed by atoms with Crippen LogP contribution < -0.4 is 4.74 Å². The zero-order valence-corrected chi connectivity index (χ0v) is 24.1. The molecule has 0 spiro atoms. The Hall–Kier alpha value is -2.31. The number of aliphatic hydroxyl groups is 1. The molecular formula is C35H51NO2. The highest BCUT2D eigenvalue weighted by molar-refractivity contribution is 5.64. The Labute approximate surface area is 232 Å². The first kappa shape index (κ1) is 30.2. The molecule has 1 N–H and O–H groups in total. The van der Waals surface area contributed by atoms with Gasteiger partial charge in [-0.15, -0.1) is 0 Å². The Morgan fingerprint density at radius 3 is 2.05 bits per heavy atom. The van der Waals surface area contributed by atoms with Crippen LogP contribution in [0.15, 0.2) is 48.5 Å². The molecule has 0 bridgehead atoms. The molecular weight excluding hydrogens is 466 g/mol. The highest BCUT2D eigenvalue weighted by atomic mass is 16.5. The van der Waals surface area contributed by atoms with Gasteiger partial charge in [0.25, 0.3) is 0 Å². The van der Waals surface area contributed by atoms with Crippen molar-refractivity contribution < 1.29 is 9.84 Å². The molecule has 3 atom stereocenters. The van der Waals surface area contributed by atoms with E-state index < -0.39 is 0 Å². The molecule has 3 rings (SSSR count). The zero-order chi connectivity index (χ0) is 27.1. The summed E-state index contributed by atoms with van der Waals surface area (Å²) in [6.07, 6.45) is 18.9. The van der Waals surface area contributed by atoms with Crippen LogP contribution in [0.2, 0.25) is 0 Å². The number of hydrogen-bond acceptors (Lipinski definition) is 3. The maximum Gasteiger partial charge on any atom is 0.119 e. The summed E-state index contributed by atoms with van der Waals surface area (Å²) in [6, 6.07) is 20.3. The minimum Gasteiger partial charge on any atom is -0.491 e. The summed E-state index contributed by atoms with van der Waals surface area (Å²) < 4.78 is 6.01. The monoisotopic (exact) mass is 517 g/mol. The van der Waals surface area contributed by atoms with Crippen molar-refractivity contribution in [2.24, 2.45) is 5.41 Å². The molecule has 0 aromatic heterocycles. The lowest BCUT2D eigenvalue weighted by atomic mass is 9.66. The van der Waals surface area contributed by atoms with Gasteiger partial charge in [0.05, 0.1) is 17.6 Å². The van der Waals surface area contributed by atoms with Crippen LogP contribution in [0.25, 0.3) is 11.1 Å². The largest absolute Gasteiger partial charge is 0.491 e. The number of benzene rings is 2. The SMILES string of the molecule is CCCC(C)Oc1ccc(-c2ccc(C3CCCC(C#N)(CCCCCCCCCCCO)C3)cc2)cc1. The van der Waals surface area contributed by atoms with Gasteiger partial charge < -0.3 is 9.84 Å². The van der Waals surface area contributed by atoms with Crippen molar-refractivity contribution in [2.45, 2.75) is 129 Å². The minimum atomic E-state index is -0.142. The molecule has 0 saturated heterocycles. The highest BCUT2D eigenvalue weighted by Gasteiger charge is 2.36. The maximum absolute atomic E-state index is 10.2. The van der Waals surface area contributed by atoms with Gasteiger partial charge in [0.2, 0.25) is 0 Å². The lowest BCUT2D eigenvalue weighted by Gasteiger charge is -2.36. The average molecular weight is 518 g/mol. The number of unbranched alkanes of at least 4 members (excludes halogenated alkanes) is 8. The van der Waals surface area contributed by atoms with Crippen molar-refractivity contribution in [1.29, 1.82) is 5.26 Å². The molecule has 3 heteroatoms. The number of hydrogen-bond donors (Lipinski definition) is 1. The van der Waals surface area contributed by atoms with E-state index in [0.717, 1.165) is 57.1 Å². The van der Waals surface area contributed by atoms with E-state index in [2.05, 4.69) is 68.4 Å². The van der Waals surface area contributed by atoms with E-state index in [-0.39, 0.29) is 11.5 Å². The molecule has 1 aliphatic carbocycles. The summed E-state index contributed by atoms with van der Waals surface area (Å²) in [5, 5.41) is 19.0. The summed E-state index contributed by atoms with van der Waals surface area (Å²) in [7, 11) is 0. The summed E-state index contributed by atoms with van der Waals surface area (Å²) in [6.45, 7) is 4.65. The molecule has 38 heavy (non-hydrogen) atoms. The Kier molecular flexibility index (Phi) is 13.2. The second kappa shape index (κ2) is 16.6. The number of nitrogens with zero attached hydrogens (tertiary/aromatic N) is 1. The summed E-state index contributed by atoms with van der Waals surface area (Å²) in [5.74, 6) is 1.43. The normalized spacial score (nSPS) is 20.1. The second-order valence-corrected chi connectivity index (χ2v) is 11.7. The van der Waals surface area contributed by atoms with Crippen LogP contribution >= 0.6 is 0 Å². The minimum absolute atomic E-state index is 0.142. The van der Waals surface area contributed by atoms with Crippen molar-refractivity contribution in [3.8, 4) is 22.9 Å². The van der Waals surface area contributed by atoms with Gasteiger partial charge in [-0.05, 0) is 80.2 Å². The van der Waals surface area contributed by atoms with Crippen LogP contribution in [-0.2, 0) is 0 Å². The molecule has 0 heterocycles. The number of aliphatic hydroxyl groups excluding tert-OH is 1. The summed E-state index contributed by atoms with van der Waals surface area (Å²) in [5.41, 5.74) is 3.70. The molecule has 1 aliphatic rings. The van der Waals surface area contributed by atoms with Crippen LogP contribution in [0.1, 0.15) is 128 Å². The van der Waals surface area contributed by atoms with E-state index in [1.807, 2.05) is 0 Å². The van der Waals surface area contributed by atoms with Crippen LogP contribution in [0.3, 0.4) is 0 Å². The van der Waals surface area contributed by atoms with Crippen molar-refractivity contribution >= 4 is 0 Å². The molecule has 3 nitrogen and oxygen atoms in total. The van der Waals surface area contributed by atoms with E-state index in [9.17, 15) is 5.26 Å². The van der Waals surface area contributed by atoms with E-state index in [4.69, 9.17) is 9.84 Å². The average Bonchev–Trinajstić information content (AvgIpc) is 2.95. The molecule has 0 aliphatic heterocycles. The quantitative estimate of drug-likeness (QED) is 0.212. The molecule has 0 amide bonds. The summed E-state index contributed by atoms with van der Waals surface area (Å²) >= 11 is 0. The van der Waals surface area contributed by atoms with Crippen molar-refractivity contribution in [2.75, 3.05) is 6.61 Å². The van der Waals surface area contributed by atoms with Gasteiger partial charge in [-0.2, -0.15) is 5.26 Å². The van der Waals surface area contributed by atoms with E-state index >= 15 is 0 Å². The first-order valence-electron chi connectivity index (χ1n) is 15.5. The van der Waals surface area contributed by atoms with Gasteiger partial charge in [0.15, 0.2) is 0 Å². The second-order valence-electron chi connectivity index (χ2n) is 11.7. The Morgan fingerprint density at radius 1 is 0.895 bits per heavy atom. The lowest BCUT2D eigenvalue weighted by Crippen LogP contribution is -2.26. The summed E-state index contributed by atoms with van der Waals surface area (Å²) in [4.78, 5) is 0. The third kappa shape index (κ3) is 9.77. The van der Waals surface area contributed by atoms with Gasteiger partial charge in [0.1, 0.15) is 5.75 Å². The molecule has 208 valence electrons. The van der Waals surface area contributed by atoms with Crippen molar-refractivity contribution in [3.05, 3.63) is 54.1 Å². The van der Waals surface area contributed by atoms with Gasteiger partial charge in [0, 0.05) is 6.61 Å². The van der Waals surface area contributed by atoms with Crippen LogP contribution in [0.5, 0.6) is 5.75 Å². The third-order valence-electron chi connectivity index (χ3n) is 8.50. The highest BCUT2D eigenvalue weighted by Crippen LogP contribution is 2.47. The van der Waals surface area contributed by atoms with Gasteiger partial charge in [-0.3, -0.25) is 0 Å². The first-order valence-corrected chi connectivity index (χ1v) is 15.5. The molecule has 1 saturated carbocycles. The fourth-order valence-corrected chi connectivity index (χ4v) is 6.22. The molecule has 0 radical (unpaired) electrons. The molecule has 3 unspecified atom stereocenters. The van der Waals surface area contributed by atoms with Crippen LogP contribution in [-0.4, -0.2) is 17.8 Å². The van der Waals surface area contributed by atoms with E-state index in [1.165, 1.54) is 68.1 Å². The third-order valence-corrected chi connectivity index (χ3v) is 8.50. The Morgan fingerprint density at radius 2 is 1.47 bits per heavy atom. The molecule has 1 fully saturated rings. The number of ether oxygens (including phenoxy) is 1. The van der Waals surface area contributed by atoms with E-state index in [1.54, 1.807) is 0 Å². The predicted molar refractivity (Wildman–Crippen MR) is 159 cm³/mol. The fourth-order valence-electron chi connectivity index (χ4n) is 6.22. The lowest BCUT2D eigenvalue weighted by molar-refractivity contribution is 0.210. The zero-order valence-electron chi connectivity index (χ0n) is 24.1. The number of rotatable bonds is 17. The van der Waals surface area contributed by atoms with Gasteiger partial charge in [-0.25, -0.2) is 0 Å². The van der Waals surface area contributed by atoms with Crippen LogP contribution in [0, 0.1) is 16.7 Å². The van der Waals surface area contributed by atoms with Gasteiger partial charge in [-0.1, -0.05) is 108 Å². The van der Waals surface area contributed by atoms with Gasteiger partial charge >= 0.3 is 0 Å². The fraction of sp³-hybridized carbons (Fsp3) is 0.629.